The summed E-state index contributed by atoms with van der Waals surface area (Å²) in [5, 5.41) is 9.96. The maximum atomic E-state index is 7.00. The van der Waals surface area contributed by atoms with Gasteiger partial charge in [0.25, 0.3) is 0 Å². The van der Waals surface area contributed by atoms with Crippen molar-refractivity contribution in [2.75, 3.05) is 69.2 Å². The Bertz CT molecular complexity index is 160. The first-order valence-corrected chi connectivity index (χ1v) is 16.5. The molecular weight excluding hydrogens is 502 g/mol. The molecule has 172 valence electrons. The lowest BCUT2D eigenvalue weighted by Crippen LogP contribution is -1.95. The number of hydrogen-bond donors (Lipinski definition) is 3. The molecule has 0 aromatic carbocycles. The third-order valence-corrected chi connectivity index (χ3v) is 4.10. The number of halogens is 4. The average molecular weight is 544 g/mol. The van der Waals surface area contributed by atoms with E-state index in [-0.39, 0.29) is 23.2 Å². The molecule has 0 heterocycles. The van der Waals surface area contributed by atoms with Gasteiger partial charge < -0.3 is 24.4 Å². The fourth-order valence-electron chi connectivity index (χ4n) is 0.0913. The molecule has 6 nitrogen and oxygen atoms in total. The van der Waals surface area contributed by atoms with E-state index in [1.54, 1.807) is 28.0 Å². The highest BCUT2D eigenvalue weighted by atomic mass is 35.9. The zero-order valence-corrected chi connectivity index (χ0v) is 22.7. The van der Waals surface area contributed by atoms with Gasteiger partial charge in [-0.1, -0.05) is 59.8 Å². The third-order valence-electron chi connectivity index (χ3n) is 1.09. The first-order valence-electron chi connectivity index (χ1n) is 5.99. The molecule has 0 spiro atoms. The van der Waals surface area contributed by atoms with Crippen molar-refractivity contribution in [1.82, 2.24) is 5.09 Å². The fraction of sp³-hybridized carbons (Fsp3) is 1.00. The molecule has 4 N–H and O–H groups in total. The zero-order valence-electron chi connectivity index (χ0n) is 16.1. The van der Waals surface area contributed by atoms with Crippen LogP contribution in [0.15, 0.2) is 0 Å². The van der Waals surface area contributed by atoms with Crippen LogP contribution in [0.25, 0.3) is 0 Å². The quantitative estimate of drug-likeness (QED) is 0.323. The van der Waals surface area contributed by atoms with Gasteiger partial charge in [0.05, 0.1) is 14.9 Å². The Morgan fingerprint density at radius 3 is 0.885 bits per heavy atom. The van der Waals surface area contributed by atoms with Crippen molar-refractivity contribution in [3.8, 4) is 0 Å². The van der Waals surface area contributed by atoms with Crippen molar-refractivity contribution >= 4 is 74.9 Å². The first-order chi connectivity index (χ1) is 11.1. The smallest absolute Gasteiger partial charge is 0.120 e. The highest BCUT2D eigenvalue weighted by molar-refractivity contribution is 8.03. The zero-order chi connectivity index (χ0) is 21.1. The van der Waals surface area contributed by atoms with E-state index in [0.717, 1.165) is 7.11 Å². The van der Waals surface area contributed by atoms with Crippen molar-refractivity contribution < 1.29 is 18.7 Å². The van der Waals surface area contributed by atoms with Crippen molar-refractivity contribution in [3.63, 3.8) is 0 Å². The molecule has 0 saturated heterocycles. The summed E-state index contributed by atoms with van der Waals surface area (Å²) in [5.74, 6) is 0. The van der Waals surface area contributed by atoms with Crippen LogP contribution in [0, 0.1) is 0 Å². The monoisotopic (exact) mass is 542 g/mol. The second kappa shape index (κ2) is 56.5. The van der Waals surface area contributed by atoms with E-state index < -0.39 is 21.6 Å². The van der Waals surface area contributed by atoms with E-state index >= 15 is 0 Å². The van der Waals surface area contributed by atoms with Crippen molar-refractivity contribution in [2.24, 2.45) is 5.73 Å². The molecule has 3 unspecified atom stereocenters. The highest BCUT2D eigenvalue weighted by Crippen LogP contribution is 2.41. The molecule has 26 heavy (non-hydrogen) atoms. The molecule has 0 aliphatic carbocycles. The average Bonchev–Trinajstić information content (AvgIpc) is 2.58. The summed E-state index contributed by atoms with van der Waals surface area (Å²) in [6.07, 6.45) is 0. The van der Waals surface area contributed by atoms with Gasteiger partial charge in [0.1, 0.15) is 15.0 Å². The van der Waals surface area contributed by atoms with Crippen LogP contribution in [0.4, 0.5) is 0 Å². The standard InChI is InChI=1S/C3H10NOP.2C2H6ClOP.CH3Cl2P.CH5N.CH4O.2CH4/c1-4-6(3)5-2;2*1-4-5(2)3;1-4(2)3;2*1-2;;/h4H,1-3H3;2*1-2H3;1H3;2H2,1H3;2H,1H3;2*1H4. The lowest BCUT2D eigenvalue weighted by molar-refractivity contribution is 0.399. The normalized spacial score (nSPS) is 11.0. The minimum atomic E-state index is -0.676. The lowest BCUT2D eigenvalue weighted by atomic mass is 11.6. The van der Waals surface area contributed by atoms with E-state index in [4.69, 9.17) is 54.6 Å². The van der Waals surface area contributed by atoms with E-state index in [2.05, 4.69) is 19.9 Å². The minimum absolute atomic E-state index is 0. The van der Waals surface area contributed by atoms with Gasteiger partial charge in [-0.25, -0.2) is 0 Å². The Morgan fingerprint density at radius 1 is 0.731 bits per heavy atom. The predicted octanol–water partition coefficient (Wildman–Crippen LogP) is 7.28. The molecule has 0 saturated carbocycles. The molecule has 0 radical (unpaired) electrons. The van der Waals surface area contributed by atoms with Crippen LogP contribution in [0.3, 0.4) is 0 Å². The van der Waals surface area contributed by atoms with Gasteiger partial charge in [-0.3, -0.25) is 5.09 Å². The maximum absolute atomic E-state index is 7.00. The lowest BCUT2D eigenvalue weighted by Gasteiger charge is -2.03. The third kappa shape index (κ3) is 155. The number of hydrogen-bond acceptors (Lipinski definition) is 6. The predicted molar refractivity (Wildman–Crippen MR) is 137 cm³/mol. The summed E-state index contributed by atoms with van der Waals surface area (Å²) < 4.78 is 14.0. The molecule has 14 heteroatoms. The topological polar surface area (TPSA) is 86.0 Å². The van der Waals surface area contributed by atoms with Crippen LogP contribution in [-0.4, -0.2) is 74.3 Å². The van der Waals surface area contributed by atoms with E-state index in [1.807, 2.05) is 27.0 Å². The highest BCUT2D eigenvalue weighted by Gasteiger charge is 1.86. The van der Waals surface area contributed by atoms with Crippen molar-refractivity contribution in [1.29, 1.82) is 0 Å². The number of rotatable bonds is 4. The Morgan fingerprint density at radius 2 is 0.885 bits per heavy atom. The summed E-state index contributed by atoms with van der Waals surface area (Å²) in [6.45, 7) is 6.76. The maximum Gasteiger partial charge on any atom is 0.120 e. The van der Waals surface area contributed by atoms with Crippen LogP contribution in [-0.2, 0) is 13.6 Å². The number of aliphatic hydroxyl groups is 1. The van der Waals surface area contributed by atoms with Gasteiger partial charge >= 0.3 is 0 Å². The molecular formula is C12H42Cl4N2O4P4. The molecule has 0 rings (SSSR count). The second-order valence-electron chi connectivity index (χ2n) is 2.51. The van der Waals surface area contributed by atoms with Gasteiger partial charge in [-0.2, -0.15) is 0 Å². The SMILES string of the molecule is C.C.CN.CNP(C)OC.CO.COP(C)Cl.COP(C)Cl.CP(Cl)Cl. The largest absolute Gasteiger partial charge is 0.400 e. The molecule has 0 bridgehead atoms. The van der Waals surface area contributed by atoms with Gasteiger partial charge in [0, 0.05) is 28.4 Å². The Balaban J connectivity index is -0.0000000255. The summed E-state index contributed by atoms with van der Waals surface area (Å²) in [7, 11) is 7.69. The van der Waals surface area contributed by atoms with E-state index in [0.29, 0.717) is 0 Å². The van der Waals surface area contributed by atoms with Gasteiger partial charge in [0.2, 0.25) is 0 Å². The molecule has 0 amide bonds. The summed E-state index contributed by atoms with van der Waals surface area (Å²) in [4.78, 5) is 0. The molecule has 3 atom stereocenters. The van der Waals surface area contributed by atoms with Gasteiger partial charge in [-0.15, -0.1) is 0 Å². The molecule has 0 aromatic heterocycles. The molecule has 0 fully saturated rings. The summed E-state index contributed by atoms with van der Waals surface area (Å²) in [5.41, 5.74) is 4.50. The summed E-state index contributed by atoms with van der Waals surface area (Å²) >= 11 is 20.8. The minimum Gasteiger partial charge on any atom is -0.400 e. The Kier molecular flexibility index (Phi) is 112. The van der Waals surface area contributed by atoms with Crippen LogP contribution in [0.1, 0.15) is 14.9 Å². The Hall–Kier alpha value is 2.64. The van der Waals surface area contributed by atoms with E-state index in [1.165, 1.54) is 7.05 Å². The molecule has 0 aromatic rings. The number of nitrogens with one attached hydrogen (secondary N) is 1. The summed E-state index contributed by atoms with van der Waals surface area (Å²) in [6, 6.07) is 0. The second-order valence-corrected chi connectivity index (χ2v) is 14.0. The van der Waals surface area contributed by atoms with Gasteiger partial charge in [-0.05, 0) is 40.8 Å². The molecule has 0 aliphatic rings. The Labute approximate surface area is 188 Å². The van der Waals surface area contributed by atoms with Crippen molar-refractivity contribution in [3.05, 3.63) is 0 Å². The molecule has 0 aliphatic heterocycles. The van der Waals surface area contributed by atoms with Crippen LogP contribution >= 0.6 is 74.9 Å². The first kappa shape index (κ1) is 51.4. The van der Waals surface area contributed by atoms with E-state index in [9.17, 15) is 0 Å². The number of nitrogens with two attached hydrogens (primary N) is 1. The van der Waals surface area contributed by atoms with Crippen molar-refractivity contribution in [2.45, 2.75) is 14.9 Å². The van der Waals surface area contributed by atoms with Gasteiger partial charge in [0.15, 0.2) is 0 Å². The van der Waals surface area contributed by atoms with Crippen LogP contribution in [0.2, 0.25) is 0 Å². The fourth-order valence-corrected chi connectivity index (χ4v) is 0.274. The van der Waals surface area contributed by atoms with Crippen LogP contribution in [0.5, 0.6) is 0 Å². The number of aliphatic hydroxyl groups excluding tert-OH is 1. The van der Waals surface area contributed by atoms with Crippen LogP contribution < -0.4 is 10.8 Å².